The quantitative estimate of drug-likeness (QED) is 0.844. The van der Waals surface area contributed by atoms with Crippen molar-refractivity contribution in [1.29, 1.82) is 0 Å². The van der Waals surface area contributed by atoms with Crippen LogP contribution in [0.5, 0.6) is 5.75 Å². The Labute approximate surface area is 102 Å². The number of carbonyl (C=O) groups is 1. The maximum Gasteiger partial charge on any atom is 0.272 e. The summed E-state index contributed by atoms with van der Waals surface area (Å²) in [4.78, 5) is 17.2. The summed E-state index contributed by atoms with van der Waals surface area (Å²) in [5, 5.41) is 0. The first kappa shape index (κ1) is 13.4. The third-order valence-corrected chi connectivity index (χ3v) is 1.97. The van der Waals surface area contributed by atoms with Crippen molar-refractivity contribution >= 4 is 5.91 Å². The summed E-state index contributed by atoms with van der Waals surface area (Å²) in [6.45, 7) is 4.13. The monoisotopic (exact) mass is 237 g/mol. The molecule has 0 aliphatic heterocycles. The number of nitrogens with two attached hydrogens (primary N) is 1. The van der Waals surface area contributed by atoms with E-state index in [0.717, 1.165) is 0 Å². The molecule has 0 aliphatic carbocycles. The molecule has 1 heterocycles. The van der Waals surface area contributed by atoms with Gasteiger partial charge in [-0.3, -0.25) is 9.78 Å². The topological polar surface area (TPSA) is 68.5 Å². The normalized spacial score (nSPS) is 11.1. The number of aromatic nitrogens is 1. The van der Waals surface area contributed by atoms with Crippen LogP contribution >= 0.6 is 0 Å². The number of carbonyl (C=O) groups excluding carboxylic acids is 1. The summed E-state index contributed by atoms with van der Waals surface area (Å²) >= 11 is 0. The second-order valence-electron chi connectivity index (χ2n) is 4.85. The molecule has 0 bridgehead atoms. The van der Waals surface area contributed by atoms with E-state index in [1.165, 1.54) is 4.90 Å². The fourth-order valence-electron chi connectivity index (χ4n) is 1.12. The van der Waals surface area contributed by atoms with Gasteiger partial charge in [-0.2, -0.15) is 0 Å². The van der Waals surface area contributed by atoms with Crippen LogP contribution in [0.1, 0.15) is 24.3 Å². The molecule has 94 valence electrons. The molecule has 0 saturated carbocycles. The van der Waals surface area contributed by atoms with E-state index in [4.69, 9.17) is 10.5 Å². The first-order chi connectivity index (χ1) is 7.79. The van der Waals surface area contributed by atoms with Crippen molar-refractivity contribution in [2.75, 3.05) is 20.7 Å². The zero-order chi connectivity index (χ0) is 13.1. The standard InChI is InChI=1S/C12H19N3O2/c1-12(2,13)8-17-9-5-6-14-10(7-9)11(16)15(3)4/h5-7H,8,13H2,1-4H3. The Morgan fingerprint density at radius 3 is 2.71 bits per heavy atom. The van der Waals surface area contributed by atoms with Crippen molar-refractivity contribution in [2.45, 2.75) is 19.4 Å². The fraction of sp³-hybridized carbons (Fsp3) is 0.500. The molecule has 5 nitrogen and oxygen atoms in total. The molecular weight excluding hydrogens is 218 g/mol. The van der Waals surface area contributed by atoms with Gasteiger partial charge in [0.05, 0.1) is 0 Å². The van der Waals surface area contributed by atoms with E-state index in [1.807, 2.05) is 13.8 Å². The predicted molar refractivity (Wildman–Crippen MR) is 66.0 cm³/mol. The zero-order valence-electron chi connectivity index (χ0n) is 10.7. The van der Waals surface area contributed by atoms with Crippen molar-refractivity contribution in [3.8, 4) is 5.75 Å². The Balaban J connectivity index is 2.76. The average Bonchev–Trinajstić information content (AvgIpc) is 2.24. The largest absolute Gasteiger partial charge is 0.492 e. The second-order valence-corrected chi connectivity index (χ2v) is 4.85. The number of nitrogens with zero attached hydrogens (tertiary/aromatic N) is 2. The molecular formula is C12H19N3O2. The molecule has 2 N–H and O–H groups in total. The van der Waals surface area contributed by atoms with Gasteiger partial charge in [0, 0.05) is 31.9 Å². The fourth-order valence-corrected chi connectivity index (χ4v) is 1.12. The lowest BCUT2D eigenvalue weighted by Gasteiger charge is -2.19. The molecule has 1 amide bonds. The predicted octanol–water partition coefficient (Wildman–Crippen LogP) is 0.899. The summed E-state index contributed by atoms with van der Waals surface area (Å²) in [6.07, 6.45) is 1.55. The molecule has 17 heavy (non-hydrogen) atoms. The molecule has 0 saturated heterocycles. The Bertz CT molecular complexity index is 397. The molecule has 0 radical (unpaired) electrons. The summed E-state index contributed by atoms with van der Waals surface area (Å²) < 4.78 is 5.51. The van der Waals surface area contributed by atoms with Gasteiger partial charge in [0.15, 0.2) is 0 Å². The average molecular weight is 237 g/mol. The van der Waals surface area contributed by atoms with Crippen LogP contribution in [-0.2, 0) is 0 Å². The number of rotatable bonds is 4. The van der Waals surface area contributed by atoms with E-state index >= 15 is 0 Å². The molecule has 0 aromatic carbocycles. The Kier molecular flexibility index (Phi) is 4.07. The lowest BCUT2D eigenvalue weighted by Crippen LogP contribution is -2.38. The van der Waals surface area contributed by atoms with Crippen LogP contribution in [0.25, 0.3) is 0 Å². The molecule has 5 heteroatoms. The third-order valence-electron chi connectivity index (χ3n) is 1.97. The Morgan fingerprint density at radius 1 is 1.53 bits per heavy atom. The number of hydrogen-bond acceptors (Lipinski definition) is 4. The molecule has 0 aliphatic rings. The first-order valence-corrected chi connectivity index (χ1v) is 5.39. The molecule has 0 spiro atoms. The molecule has 0 atom stereocenters. The smallest absolute Gasteiger partial charge is 0.272 e. The van der Waals surface area contributed by atoms with Crippen LogP contribution in [0, 0.1) is 0 Å². The van der Waals surface area contributed by atoms with Gasteiger partial charge in [-0.1, -0.05) is 0 Å². The lowest BCUT2D eigenvalue weighted by atomic mass is 10.1. The van der Waals surface area contributed by atoms with Crippen molar-refractivity contribution in [3.05, 3.63) is 24.0 Å². The van der Waals surface area contributed by atoms with E-state index in [1.54, 1.807) is 32.4 Å². The van der Waals surface area contributed by atoms with Crippen LogP contribution in [0.15, 0.2) is 18.3 Å². The number of pyridine rings is 1. The summed E-state index contributed by atoms with van der Waals surface area (Å²) in [7, 11) is 3.36. The van der Waals surface area contributed by atoms with Gasteiger partial charge in [-0.15, -0.1) is 0 Å². The van der Waals surface area contributed by atoms with Crippen molar-refractivity contribution in [2.24, 2.45) is 5.73 Å². The highest BCUT2D eigenvalue weighted by Gasteiger charge is 2.13. The van der Waals surface area contributed by atoms with E-state index in [2.05, 4.69) is 4.98 Å². The van der Waals surface area contributed by atoms with Crippen molar-refractivity contribution in [3.63, 3.8) is 0 Å². The van der Waals surface area contributed by atoms with Gasteiger partial charge < -0.3 is 15.4 Å². The minimum absolute atomic E-state index is 0.151. The summed E-state index contributed by atoms with van der Waals surface area (Å²) in [5.41, 5.74) is 5.77. The van der Waals surface area contributed by atoms with E-state index < -0.39 is 5.54 Å². The van der Waals surface area contributed by atoms with Gasteiger partial charge in [-0.25, -0.2) is 0 Å². The maximum atomic E-state index is 11.7. The highest BCUT2D eigenvalue weighted by molar-refractivity contribution is 5.92. The van der Waals surface area contributed by atoms with Crippen molar-refractivity contribution in [1.82, 2.24) is 9.88 Å². The van der Waals surface area contributed by atoms with E-state index in [-0.39, 0.29) is 5.91 Å². The lowest BCUT2D eigenvalue weighted by molar-refractivity contribution is 0.0821. The van der Waals surface area contributed by atoms with Gasteiger partial charge in [0.25, 0.3) is 5.91 Å². The van der Waals surface area contributed by atoms with E-state index in [0.29, 0.717) is 18.1 Å². The minimum atomic E-state index is -0.408. The molecule has 1 aromatic rings. The van der Waals surface area contributed by atoms with E-state index in [9.17, 15) is 4.79 Å². The van der Waals surface area contributed by atoms with Gasteiger partial charge >= 0.3 is 0 Å². The molecule has 1 rings (SSSR count). The Hall–Kier alpha value is -1.62. The maximum absolute atomic E-state index is 11.7. The van der Waals surface area contributed by atoms with Crippen molar-refractivity contribution < 1.29 is 9.53 Å². The zero-order valence-corrected chi connectivity index (χ0v) is 10.7. The van der Waals surface area contributed by atoms with Crippen LogP contribution in [0.2, 0.25) is 0 Å². The number of amides is 1. The van der Waals surface area contributed by atoms with Crippen LogP contribution < -0.4 is 10.5 Å². The third kappa shape index (κ3) is 4.40. The molecule has 0 fully saturated rings. The Morgan fingerprint density at radius 2 is 2.18 bits per heavy atom. The first-order valence-electron chi connectivity index (χ1n) is 5.39. The summed E-state index contributed by atoms with van der Waals surface area (Å²) in [5.74, 6) is 0.450. The SMILES string of the molecule is CN(C)C(=O)c1cc(OCC(C)(C)N)ccn1. The van der Waals surface area contributed by atoms with Gasteiger partial charge in [0.2, 0.25) is 0 Å². The summed E-state index contributed by atoms with van der Waals surface area (Å²) in [6, 6.07) is 3.33. The van der Waals surface area contributed by atoms with Gasteiger partial charge in [0.1, 0.15) is 18.1 Å². The highest BCUT2D eigenvalue weighted by Crippen LogP contribution is 2.13. The second kappa shape index (κ2) is 5.14. The van der Waals surface area contributed by atoms with Crippen LogP contribution in [0.3, 0.4) is 0 Å². The van der Waals surface area contributed by atoms with Crippen LogP contribution in [-0.4, -0.2) is 42.0 Å². The number of hydrogen-bond donors (Lipinski definition) is 1. The van der Waals surface area contributed by atoms with Crippen LogP contribution in [0.4, 0.5) is 0 Å². The molecule has 0 unspecified atom stereocenters. The highest BCUT2D eigenvalue weighted by atomic mass is 16.5. The minimum Gasteiger partial charge on any atom is -0.492 e. The van der Waals surface area contributed by atoms with Gasteiger partial charge in [-0.05, 0) is 19.9 Å². The number of ether oxygens (including phenoxy) is 1. The molecule has 1 aromatic heterocycles.